The van der Waals surface area contributed by atoms with Gasteiger partial charge in [-0.2, -0.15) is 0 Å². The Morgan fingerprint density at radius 2 is 1.70 bits per heavy atom. The molecule has 0 aliphatic carbocycles. The van der Waals surface area contributed by atoms with Crippen LogP contribution in [0.15, 0.2) is 60.8 Å². The summed E-state index contributed by atoms with van der Waals surface area (Å²) in [6, 6.07) is 17.6. The van der Waals surface area contributed by atoms with Gasteiger partial charge in [-0.25, -0.2) is 0 Å². The maximum Gasteiger partial charge on any atom is 0.153 e. The fourth-order valence-electron chi connectivity index (χ4n) is 2.23. The van der Waals surface area contributed by atoms with Gasteiger partial charge in [0.25, 0.3) is 0 Å². The van der Waals surface area contributed by atoms with Gasteiger partial charge >= 0.3 is 0 Å². The number of pyridine rings is 1. The molecule has 3 rings (SSSR count). The molecule has 0 radical (unpaired) electrons. The summed E-state index contributed by atoms with van der Waals surface area (Å²) < 4.78 is 6.04. The quantitative estimate of drug-likeness (QED) is 0.776. The minimum atomic E-state index is -0.0749. The van der Waals surface area contributed by atoms with E-state index < -0.39 is 0 Å². The molecule has 2 aromatic carbocycles. The van der Waals surface area contributed by atoms with Crippen LogP contribution in [0.2, 0.25) is 0 Å². The molecule has 0 fully saturated rings. The van der Waals surface area contributed by atoms with E-state index in [2.05, 4.69) is 4.98 Å². The lowest BCUT2D eigenvalue weighted by Crippen LogP contribution is -2.06. The number of nitrogens with zero attached hydrogens (tertiary/aromatic N) is 1. The highest BCUT2D eigenvalue weighted by Gasteiger charge is 2.10. The molecule has 0 saturated heterocycles. The fraction of sp³-hybridized carbons (Fsp3) is 0.118. The van der Waals surface area contributed by atoms with Gasteiger partial charge in [0.1, 0.15) is 11.3 Å². The third-order valence-electron chi connectivity index (χ3n) is 3.23. The second-order valence-corrected chi connectivity index (χ2v) is 4.76. The SMILES string of the molecule is C[C@@H](N)c1ccccc1Oc1cccc2cccnc12. The summed E-state index contributed by atoms with van der Waals surface area (Å²) in [5.41, 5.74) is 7.83. The van der Waals surface area contributed by atoms with E-state index in [0.717, 1.165) is 28.0 Å². The molecule has 1 atom stereocenters. The average molecular weight is 264 g/mol. The minimum Gasteiger partial charge on any atom is -0.455 e. The van der Waals surface area contributed by atoms with Gasteiger partial charge in [-0.05, 0) is 25.1 Å². The van der Waals surface area contributed by atoms with Gasteiger partial charge in [-0.1, -0.05) is 36.4 Å². The van der Waals surface area contributed by atoms with Crippen LogP contribution in [-0.4, -0.2) is 4.98 Å². The topological polar surface area (TPSA) is 48.1 Å². The van der Waals surface area contributed by atoms with Gasteiger partial charge in [0.15, 0.2) is 5.75 Å². The lowest BCUT2D eigenvalue weighted by atomic mass is 10.1. The van der Waals surface area contributed by atoms with E-state index in [1.165, 1.54) is 0 Å². The van der Waals surface area contributed by atoms with Crippen molar-refractivity contribution in [2.45, 2.75) is 13.0 Å². The van der Waals surface area contributed by atoms with Crippen LogP contribution in [0.3, 0.4) is 0 Å². The molecule has 0 aliphatic heterocycles. The van der Waals surface area contributed by atoms with E-state index in [0.29, 0.717) is 0 Å². The third kappa shape index (κ3) is 2.36. The van der Waals surface area contributed by atoms with Crippen LogP contribution in [0.25, 0.3) is 10.9 Å². The van der Waals surface area contributed by atoms with Crippen molar-refractivity contribution in [2.75, 3.05) is 0 Å². The first-order chi connectivity index (χ1) is 9.75. The van der Waals surface area contributed by atoms with E-state index in [1.54, 1.807) is 6.20 Å². The van der Waals surface area contributed by atoms with Gasteiger partial charge in [-0.3, -0.25) is 4.98 Å². The van der Waals surface area contributed by atoms with Gasteiger partial charge in [0.05, 0.1) is 0 Å². The molecular weight excluding hydrogens is 248 g/mol. The van der Waals surface area contributed by atoms with Crippen LogP contribution in [0.4, 0.5) is 0 Å². The van der Waals surface area contributed by atoms with Crippen LogP contribution in [0.1, 0.15) is 18.5 Å². The van der Waals surface area contributed by atoms with Gasteiger partial charge in [0.2, 0.25) is 0 Å². The Bertz CT molecular complexity index is 732. The van der Waals surface area contributed by atoms with Crippen molar-refractivity contribution in [3.8, 4) is 11.5 Å². The number of benzene rings is 2. The zero-order chi connectivity index (χ0) is 13.9. The zero-order valence-electron chi connectivity index (χ0n) is 11.3. The van der Waals surface area contributed by atoms with Gasteiger partial charge in [-0.15, -0.1) is 0 Å². The van der Waals surface area contributed by atoms with Crippen LogP contribution < -0.4 is 10.5 Å². The van der Waals surface area contributed by atoms with E-state index in [-0.39, 0.29) is 6.04 Å². The summed E-state index contributed by atoms with van der Waals surface area (Å²) >= 11 is 0. The first-order valence-corrected chi connectivity index (χ1v) is 6.62. The molecule has 1 aromatic heterocycles. The highest BCUT2D eigenvalue weighted by molar-refractivity contribution is 5.84. The average Bonchev–Trinajstić information content (AvgIpc) is 2.48. The van der Waals surface area contributed by atoms with Crippen molar-refractivity contribution in [2.24, 2.45) is 5.73 Å². The number of fused-ring (bicyclic) bond motifs is 1. The van der Waals surface area contributed by atoms with Crippen LogP contribution in [0, 0.1) is 0 Å². The molecule has 0 unspecified atom stereocenters. The molecule has 0 saturated carbocycles. The van der Waals surface area contributed by atoms with Crippen LogP contribution in [0.5, 0.6) is 11.5 Å². The number of rotatable bonds is 3. The Morgan fingerprint density at radius 3 is 2.55 bits per heavy atom. The first kappa shape index (κ1) is 12.6. The predicted molar refractivity (Wildman–Crippen MR) is 80.9 cm³/mol. The van der Waals surface area contributed by atoms with E-state index in [1.807, 2.05) is 61.5 Å². The summed E-state index contributed by atoms with van der Waals surface area (Å²) in [6.45, 7) is 1.95. The summed E-state index contributed by atoms with van der Waals surface area (Å²) in [6.07, 6.45) is 1.77. The number of hydrogen-bond donors (Lipinski definition) is 1. The number of para-hydroxylation sites is 2. The molecule has 0 bridgehead atoms. The van der Waals surface area contributed by atoms with Crippen molar-refractivity contribution in [3.05, 3.63) is 66.4 Å². The summed E-state index contributed by atoms with van der Waals surface area (Å²) in [7, 11) is 0. The fourth-order valence-corrected chi connectivity index (χ4v) is 2.23. The highest BCUT2D eigenvalue weighted by Crippen LogP contribution is 2.32. The Balaban J connectivity index is 2.06. The van der Waals surface area contributed by atoms with E-state index in [4.69, 9.17) is 10.5 Å². The van der Waals surface area contributed by atoms with Crippen molar-refractivity contribution in [1.29, 1.82) is 0 Å². The van der Waals surface area contributed by atoms with Crippen LogP contribution >= 0.6 is 0 Å². The standard InChI is InChI=1S/C17H16N2O/c1-12(18)14-8-2-3-9-15(14)20-16-10-4-6-13-7-5-11-19-17(13)16/h2-12H,18H2,1H3/t12-/m1/s1. The smallest absolute Gasteiger partial charge is 0.153 e. The van der Waals surface area contributed by atoms with Gasteiger partial charge < -0.3 is 10.5 Å². The summed E-state index contributed by atoms with van der Waals surface area (Å²) in [5.74, 6) is 1.52. The first-order valence-electron chi connectivity index (χ1n) is 6.62. The minimum absolute atomic E-state index is 0.0749. The van der Waals surface area contributed by atoms with Crippen molar-refractivity contribution < 1.29 is 4.74 Å². The molecular formula is C17H16N2O. The van der Waals surface area contributed by atoms with Crippen molar-refractivity contribution in [3.63, 3.8) is 0 Å². The molecule has 3 nitrogen and oxygen atoms in total. The molecule has 0 aliphatic rings. The zero-order valence-corrected chi connectivity index (χ0v) is 11.3. The predicted octanol–water partition coefficient (Wildman–Crippen LogP) is 4.05. The van der Waals surface area contributed by atoms with E-state index >= 15 is 0 Å². The number of ether oxygens (including phenoxy) is 1. The second kappa shape index (κ2) is 5.31. The molecule has 1 heterocycles. The largest absolute Gasteiger partial charge is 0.455 e. The van der Waals surface area contributed by atoms with Crippen LogP contribution in [-0.2, 0) is 0 Å². The molecule has 3 heteroatoms. The number of aromatic nitrogens is 1. The maximum atomic E-state index is 6.04. The van der Waals surface area contributed by atoms with Crippen molar-refractivity contribution >= 4 is 10.9 Å². The highest BCUT2D eigenvalue weighted by atomic mass is 16.5. The number of hydrogen-bond acceptors (Lipinski definition) is 3. The molecule has 100 valence electrons. The Morgan fingerprint density at radius 1 is 0.950 bits per heavy atom. The molecule has 2 N–H and O–H groups in total. The van der Waals surface area contributed by atoms with E-state index in [9.17, 15) is 0 Å². The maximum absolute atomic E-state index is 6.04. The molecule has 0 amide bonds. The van der Waals surface area contributed by atoms with Gasteiger partial charge in [0, 0.05) is 23.2 Å². The summed E-state index contributed by atoms with van der Waals surface area (Å²) in [4.78, 5) is 4.40. The lowest BCUT2D eigenvalue weighted by molar-refractivity contribution is 0.476. The molecule has 0 spiro atoms. The van der Waals surface area contributed by atoms with Crippen molar-refractivity contribution in [1.82, 2.24) is 4.98 Å². The monoisotopic (exact) mass is 264 g/mol. The molecule has 20 heavy (non-hydrogen) atoms. The number of nitrogens with two attached hydrogens (primary N) is 1. The third-order valence-corrected chi connectivity index (χ3v) is 3.23. The Hall–Kier alpha value is -2.39. The lowest BCUT2D eigenvalue weighted by Gasteiger charge is -2.14. The second-order valence-electron chi connectivity index (χ2n) is 4.76. The normalized spacial score (nSPS) is 12.3. The molecule has 3 aromatic rings. The Labute approximate surface area is 118 Å². The summed E-state index contributed by atoms with van der Waals surface area (Å²) in [5, 5.41) is 1.06. The Kier molecular flexibility index (Phi) is 3.35.